The zero-order chi connectivity index (χ0) is 9.54. The molecule has 1 nitrogen and oxygen atoms in total. The third-order valence-electron chi connectivity index (χ3n) is 2.46. The van der Waals surface area contributed by atoms with Gasteiger partial charge in [0.15, 0.2) is 0 Å². The van der Waals surface area contributed by atoms with Gasteiger partial charge >= 0.3 is 0 Å². The van der Waals surface area contributed by atoms with Crippen LogP contribution in [0.2, 0.25) is 0 Å². The minimum atomic E-state index is 0.937. The average Bonchev–Trinajstić information content (AvgIpc) is 2.61. The first-order valence-corrected chi connectivity index (χ1v) is 5.86. The first-order valence-electron chi connectivity index (χ1n) is 4.47. The molecule has 0 fully saturated rings. The highest BCUT2D eigenvalue weighted by molar-refractivity contribution is 8.01. The summed E-state index contributed by atoms with van der Waals surface area (Å²) in [6.07, 6.45) is 0. The van der Waals surface area contributed by atoms with Gasteiger partial charge in [-0.05, 0) is 11.5 Å². The highest BCUT2D eigenvalue weighted by Gasteiger charge is 2.19. The maximum absolute atomic E-state index is 4.46. The Morgan fingerprint density at radius 1 is 1.14 bits per heavy atom. The largest absolute Gasteiger partial charge is 0.307 e. The highest BCUT2D eigenvalue weighted by atomic mass is 32.2. The second-order valence-electron chi connectivity index (χ2n) is 3.31. The molecule has 0 bridgehead atoms. The van der Waals surface area contributed by atoms with Gasteiger partial charge < -0.3 is 4.31 Å². The average molecular weight is 219 g/mol. The Kier molecular flexibility index (Phi) is 1.89. The van der Waals surface area contributed by atoms with Crippen LogP contribution in [0.25, 0.3) is 10.8 Å². The van der Waals surface area contributed by atoms with E-state index in [1.165, 1.54) is 21.4 Å². The van der Waals surface area contributed by atoms with E-state index >= 15 is 0 Å². The molecule has 3 rings (SSSR count). The summed E-state index contributed by atoms with van der Waals surface area (Å²) in [5, 5.41) is 2.58. The summed E-state index contributed by atoms with van der Waals surface area (Å²) in [6.45, 7) is 0. The molecule has 2 aromatic carbocycles. The van der Waals surface area contributed by atoms with E-state index in [1.54, 1.807) is 0 Å². The lowest BCUT2D eigenvalue weighted by Crippen LogP contribution is -2.02. The fourth-order valence-corrected chi connectivity index (χ4v) is 3.18. The molecule has 0 aliphatic carbocycles. The number of hydrogen-bond donors (Lipinski definition) is 1. The molecule has 3 heteroatoms. The topological polar surface area (TPSA) is 3.24 Å². The number of nitrogens with zero attached hydrogens (tertiary/aromatic N) is 1. The van der Waals surface area contributed by atoms with Crippen molar-refractivity contribution in [1.82, 2.24) is 0 Å². The molecule has 0 N–H and O–H groups in total. The molecule has 0 aromatic heterocycles. The summed E-state index contributed by atoms with van der Waals surface area (Å²) >= 11 is 6.30. The molecule has 2 aromatic rings. The van der Waals surface area contributed by atoms with Crippen molar-refractivity contribution in [2.75, 3.05) is 10.2 Å². The van der Waals surface area contributed by atoms with E-state index in [0.717, 1.165) is 5.88 Å². The molecule has 1 aliphatic heterocycles. The number of benzene rings is 2. The molecule has 14 heavy (non-hydrogen) atoms. The van der Waals surface area contributed by atoms with E-state index in [9.17, 15) is 0 Å². The predicted octanol–water partition coefficient (Wildman–Crippen LogP) is 3.55. The molecule has 0 atom stereocenters. The summed E-state index contributed by atoms with van der Waals surface area (Å²) in [4.78, 5) is 1.33. The van der Waals surface area contributed by atoms with Crippen molar-refractivity contribution in [3.63, 3.8) is 0 Å². The van der Waals surface area contributed by atoms with Gasteiger partial charge in [0, 0.05) is 10.3 Å². The van der Waals surface area contributed by atoms with Gasteiger partial charge in [-0.3, -0.25) is 0 Å². The van der Waals surface area contributed by atoms with Gasteiger partial charge in [0.1, 0.15) is 0 Å². The van der Waals surface area contributed by atoms with Crippen LogP contribution in [0, 0.1) is 0 Å². The van der Waals surface area contributed by atoms with Gasteiger partial charge in [-0.15, -0.1) is 11.8 Å². The normalized spacial score (nSPS) is 14.8. The van der Waals surface area contributed by atoms with Crippen LogP contribution >= 0.6 is 24.6 Å². The SMILES string of the molecule is SN1CSc2ccc3ccccc3c21. The monoisotopic (exact) mass is 219 g/mol. The molecule has 0 saturated carbocycles. The lowest BCUT2D eigenvalue weighted by Gasteiger charge is -2.11. The fourth-order valence-electron chi connectivity index (χ4n) is 1.81. The number of thioether (sulfide) groups is 1. The Morgan fingerprint density at radius 3 is 2.93 bits per heavy atom. The highest BCUT2D eigenvalue weighted by Crippen LogP contribution is 2.43. The Morgan fingerprint density at radius 2 is 2.00 bits per heavy atom. The fraction of sp³-hybridized carbons (Fsp3) is 0.0909. The van der Waals surface area contributed by atoms with Gasteiger partial charge in [-0.1, -0.05) is 43.1 Å². The van der Waals surface area contributed by atoms with Crippen LogP contribution in [0.3, 0.4) is 0 Å². The molecular weight excluding hydrogens is 210 g/mol. The van der Waals surface area contributed by atoms with E-state index in [-0.39, 0.29) is 0 Å². The summed E-state index contributed by atoms with van der Waals surface area (Å²) in [6, 6.07) is 12.8. The van der Waals surface area contributed by atoms with Crippen molar-refractivity contribution in [2.24, 2.45) is 0 Å². The number of fused-ring (bicyclic) bond motifs is 3. The molecule has 0 unspecified atom stereocenters. The molecule has 0 saturated heterocycles. The lowest BCUT2D eigenvalue weighted by molar-refractivity contribution is 1.34. The van der Waals surface area contributed by atoms with Gasteiger partial charge in [-0.25, -0.2) is 0 Å². The second-order valence-corrected chi connectivity index (χ2v) is 4.78. The van der Waals surface area contributed by atoms with Crippen molar-refractivity contribution < 1.29 is 0 Å². The van der Waals surface area contributed by atoms with Gasteiger partial charge in [-0.2, -0.15) is 0 Å². The zero-order valence-electron chi connectivity index (χ0n) is 7.47. The molecule has 0 radical (unpaired) electrons. The van der Waals surface area contributed by atoms with Crippen molar-refractivity contribution in [1.29, 1.82) is 0 Å². The second kappa shape index (κ2) is 3.11. The quantitative estimate of drug-likeness (QED) is 0.675. The summed E-state index contributed by atoms with van der Waals surface area (Å²) in [5.74, 6) is 0.937. The summed E-state index contributed by atoms with van der Waals surface area (Å²) in [7, 11) is 0. The third kappa shape index (κ3) is 1.12. The van der Waals surface area contributed by atoms with Crippen LogP contribution in [-0.4, -0.2) is 5.88 Å². The van der Waals surface area contributed by atoms with Crippen molar-refractivity contribution in [3.05, 3.63) is 36.4 Å². The Balaban J connectivity index is 2.41. The number of hydrogen-bond acceptors (Lipinski definition) is 3. The van der Waals surface area contributed by atoms with Crippen LogP contribution in [0.1, 0.15) is 0 Å². The summed E-state index contributed by atoms with van der Waals surface area (Å²) in [5.41, 5.74) is 1.26. The number of rotatable bonds is 0. The Hall–Kier alpha value is -0.800. The summed E-state index contributed by atoms with van der Waals surface area (Å²) < 4.78 is 2.02. The van der Waals surface area contributed by atoms with Gasteiger partial charge in [0.2, 0.25) is 0 Å². The van der Waals surface area contributed by atoms with E-state index in [0.29, 0.717) is 0 Å². The number of thiol groups is 1. The van der Waals surface area contributed by atoms with Crippen molar-refractivity contribution in [2.45, 2.75) is 4.90 Å². The van der Waals surface area contributed by atoms with E-state index in [2.05, 4.69) is 49.2 Å². The number of anilines is 1. The van der Waals surface area contributed by atoms with E-state index < -0.39 is 0 Å². The lowest BCUT2D eigenvalue weighted by atomic mass is 10.1. The third-order valence-corrected chi connectivity index (χ3v) is 4.02. The molecule has 0 amide bonds. The zero-order valence-corrected chi connectivity index (χ0v) is 9.18. The first-order chi connectivity index (χ1) is 6.86. The minimum Gasteiger partial charge on any atom is -0.307 e. The Labute approximate surface area is 92.6 Å². The molecule has 1 aliphatic rings. The maximum atomic E-state index is 4.46. The van der Waals surface area contributed by atoms with Crippen LogP contribution in [0.4, 0.5) is 5.69 Å². The molecule has 1 heterocycles. The van der Waals surface area contributed by atoms with Gasteiger partial charge in [0.25, 0.3) is 0 Å². The van der Waals surface area contributed by atoms with Crippen LogP contribution in [0.15, 0.2) is 41.3 Å². The van der Waals surface area contributed by atoms with E-state index in [4.69, 9.17) is 0 Å². The van der Waals surface area contributed by atoms with Crippen molar-refractivity contribution >= 4 is 41.0 Å². The maximum Gasteiger partial charge on any atom is 0.0795 e. The van der Waals surface area contributed by atoms with E-state index in [1.807, 2.05) is 16.1 Å². The molecule has 0 spiro atoms. The van der Waals surface area contributed by atoms with Crippen LogP contribution in [0.5, 0.6) is 0 Å². The molecular formula is C11H9NS2. The smallest absolute Gasteiger partial charge is 0.0795 e. The molecule has 70 valence electrons. The first kappa shape index (κ1) is 8.50. The standard InChI is InChI=1S/C11H9NS2/c13-12-7-14-10-6-5-8-3-1-2-4-9(8)11(10)12/h1-6,13H,7H2. The Bertz CT molecular complexity index is 496. The van der Waals surface area contributed by atoms with Gasteiger partial charge in [0.05, 0.1) is 11.6 Å². The van der Waals surface area contributed by atoms with Crippen LogP contribution < -0.4 is 4.31 Å². The van der Waals surface area contributed by atoms with Crippen molar-refractivity contribution in [3.8, 4) is 0 Å². The minimum absolute atomic E-state index is 0.937. The predicted molar refractivity (Wildman–Crippen MR) is 66.1 cm³/mol. The van der Waals surface area contributed by atoms with Crippen LogP contribution in [-0.2, 0) is 0 Å².